The molecule has 0 heterocycles. The minimum absolute atomic E-state index is 0.00718. The average Bonchev–Trinajstić information content (AvgIpc) is 2.17. The van der Waals surface area contributed by atoms with Crippen molar-refractivity contribution in [3.05, 3.63) is 33.9 Å². The first-order valence-corrected chi connectivity index (χ1v) is 5.27. The van der Waals surface area contributed by atoms with E-state index in [9.17, 15) is 10.1 Å². The van der Waals surface area contributed by atoms with E-state index in [0.29, 0.717) is 10.5 Å². The number of nitriles is 1. The van der Waals surface area contributed by atoms with Crippen LogP contribution in [-0.4, -0.2) is 10.2 Å². The first-order chi connectivity index (χ1) is 7.04. The van der Waals surface area contributed by atoms with Crippen molar-refractivity contribution >= 4 is 17.4 Å². The second kappa shape index (κ2) is 4.80. The maximum atomic E-state index is 10.8. The summed E-state index contributed by atoms with van der Waals surface area (Å²) in [7, 11) is 0. The van der Waals surface area contributed by atoms with Gasteiger partial charge in [-0.15, -0.1) is 11.8 Å². The Morgan fingerprint density at radius 2 is 2.20 bits per heavy atom. The molecule has 15 heavy (non-hydrogen) atoms. The van der Waals surface area contributed by atoms with Crippen molar-refractivity contribution in [1.29, 1.82) is 5.26 Å². The lowest BCUT2D eigenvalue weighted by atomic mass is 10.2. The molecular formula is C10H10N2O2S. The van der Waals surface area contributed by atoms with Gasteiger partial charge in [0.25, 0.3) is 5.69 Å². The van der Waals surface area contributed by atoms with E-state index >= 15 is 0 Å². The van der Waals surface area contributed by atoms with Gasteiger partial charge in [0.15, 0.2) is 0 Å². The van der Waals surface area contributed by atoms with Crippen LogP contribution in [0.4, 0.5) is 5.69 Å². The smallest absolute Gasteiger partial charge is 0.258 e. The largest absolute Gasteiger partial charge is 0.284 e. The summed E-state index contributed by atoms with van der Waals surface area (Å²) in [6, 6.07) is 6.42. The van der Waals surface area contributed by atoms with Crippen molar-refractivity contribution in [2.45, 2.75) is 24.0 Å². The van der Waals surface area contributed by atoms with Crippen LogP contribution in [0.25, 0.3) is 0 Å². The van der Waals surface area contributed by atoms with Crippen molar-refractivity contribution in [3.63, 3.8) is 0 Å². The summed E-state index contributed by atoms with van der Waals surface area (Å²) in [5, 5.41) is 19.7. The Kier molecular flexibility index (Phi) is 3.69. The number of nitro groups is 1. The van der Waals surface area contributed by atoms with Crippen LogP contribution in [0.1, 0.15) is 19.4 Å². The van der Waals surface area contributed by atoms with Crippen molar-refractivity contribution in [3.8, 4) is 6.07 Å². The van der Waals surface area contributed by atoms with E-state index in [2.05, 4.69) is 0 Å². The van der Waals surface area contributed by atoms with Gasteiger partial charge in [-0.1, -0.05) is 13.8 Å². The Morgan fingerprint density at radius 3 is 2.67 bits per heavy atom. The van der Waals surface area contributed by atoms with Crippen LogP contribution in [0.3, 0.4) is 0 Å². The maximum absolute atomic E-state index is 10.8. The Morgan fingerprint density at radius 1 is 1.53 bits per heavy atom. The molecule has 0 aliphatic heterocycles. The van der Waals surface area contributed by atoms with Gasteiger partial charge in [0.05, 0.1) is 21.5 Å². The number of benzene rings is 1. The van der Waals surface area contributed by atoms with Crippen LogP contribution in [0.15, 0.2) is 23.1 Å². The van der Waals surface area contributed by atoms with Gasteiger partial charge >= 0.3 is 0 Å². The van der Waals surface area contributed by atoms with Gasteiger partial charge in [0.2, 0.25) is 0 Å². The van der Waals surface area contributed by atoms with Crippen molar-refractivity contribution in [2.75, 3.05) is 0 Å². The molecular weight excluding hydrogens is 212 g/mol. The molecule has 0 fully saturated rings. The second-order valence-corrected chi connectivity index (χ2v) is 4.84. The van der Waals surface area contributed by atoms with E-state index in [-0.39, 0.29) is 10.9 Å². The third-order valence-corrected chi connectivity index (χ3v) is 2.72. The Labute approximate surface area is 92.1 Å². The minimum Gasteiger partial charge on any atom is -0.258 e. The summed E-state index contributed by atoms with van der Waals surface area (Å²) in [6.07, 6.45) is 0. The predicted octanol–water partition coefficient (Wildman–Crippen LogP) is 2.97. The van der Waals surface area contributed by atoms with Gasteiger partial charge in [-0.2, -0.15) is 5.26 Å². The summed E-state index contributed by atoms with van der Waals surface area (Å²) in [4.78, 5) is 10.9. The van der Waals surface area contributed by atoms with Crippen molar-refractivity contribution in [2.24, 2.45) is 0 Å². The summed E-state index contributed by atoms with van der Waals surface area (Å²) >= 11 is 1.42. The van der Waals surface area contributed by atoms with Crippen LogP contribution in [0.5, 0.6) is 0 Å². The van der Waals surface area contributed by atoms with E-state index in [1.807, 2.05) is 19.9 Å². The van der Waals surface area contributed by atoms with Gasteiger partial charge in [-0.05, 0) is 12.1 Å². The van der Waals surface area contributed by atoms with Crippen molar-refractivity contribution < 1.29 is 4.92 Å². The molecule has 0 spiro atoms. The molecule has 0 amide bonds. The molecule has 1 rings (SSSR count). The molecule has 0 aromatic heterocycles. The van der Waals surface area contributed by atoms with Crippen LogP contribution >= 0.6 is 11.8 Å². The van der Waals surface area contributed by atoms with Gasteiger partial charge in [-0.3, -0.25) is 10.1 Å². The molecule has 0 N–H and O–H groups in total. The standard InChI is InChI=1S/C10H10N2O2S/c1-7(2)15-10-4-3-8(6-11)5-9(10)12(13)14/h3-5,7H,1-2H3. The molecule has 78 valence electrons. The van der Waals surface area contributed by atoms with Crippen LogP contribution in [0.2, 0.25) is 0 Å². The molecule has 0 atom stereocenters. The molecule has 5 heteroatoms. The second-order valence-electron chi connectivity index (χ2n) is 3.22. The zero-order chi connectivity index (χ0) is 11.4. The molecule has 0 bridgehead atoms. The highest BCUT2D eigenvalue weighted by molar-refractivity contribution is 8.00. The Balaban J connectivity index is 3.16. The fourth-order valence-corrected chi connectivity index (χ4v) is 1.99. The van der Waals surface area contributed by atoms with E-state index in [1.165, 1.54) is 17.8 Å². The minimum atomic E-state index is -0.453. The highest BCUT2D eigenvalue weighted by Gasteiger charge is 2.15. The molecule has 0 unspecified atom stereocenters. The number of nitrogens with zero attached hydrogens (tertiary/aromatic N) is 2. The number of nitro benzene ring substituents is 1. The zero-order valence-corrected chi connectivity index (χ0v) is 9.25. The van der Waals surface area contributed by atoms with Crippen LogP contribution in [-0.2, 0) is 0 Å². The van der Waals surface area contributed by atoms with Crippen LogP contribution < -0.4 is 0 Å². The fraction of sp³-hybridized carbons (Fsp3) is 0.300. The first kappa shape index (κ1) is 11.5. The van der Waals surface area contributed by atoms with E-state index in [4.69, 9.17) is 5.26 Å². The number of hydrogen-bond acceptors (Lipinski definition) is 4. The lowest BCUT2D eigenvalue weighted by molar-refractivity contribution is -0.387. The number of rotatable bonds is 3. The van der Waals surface area contributed by atoms with Gasteiger partial charge in [-0.25, -0.2) is 0 Å². The summed E-state index contributed by atoms with van der Waals surface area (Å²) in [5.41, 5.74) is 0.322. The SMILES string of the molecule is CC(C)Sc1ccc(C#N)cc1[N+](=O)[O-]. The van der Waals surface area contributed by atoms with Gasteiger partial charge in [0.1, 0.15) is 0 Å². The molecule has 1 aromatic carbocycles. The number of thioether (sulfide) groups is 1. The van der Waals surface area contributed by atoms with Gasteiger partial charge < -0.3 is 0 Å². The van der Waals surface area contributed by atoms with Crippen LogP contribution in [0, 0.1) is 21.4 Å². The highest BCUT2D eigenvalue weighted by atomic mass is 32.2. The first-order valence-electron chi connectivity index (χ1n) is 4.39. The summed E-state index contributed by atoms with van der Waals surface area (Å²) in [6.45, 7) is 3.93. The summed E-state index contributed by atoms with van der Waals surface area (Å²) in [5.74, 6) is 0. The lowest BCUT2D eigenvalue weighted by Gasteiger charge is -2.05. The predicted molar refractivity (Wildman–Crippen MR) is 58.8 cm³/mol. The molecule has 0 saturated carbocycles. The molecule has 0 aliphatic rings. The maximum Gasteiger partial charge on any atom is 0.284 e. The van der Waals surface area contributed by atoms with E-state index < -0.39 is 4.92 Å². The topological polar surface area (TPSA) is 66.9 Å². The molecule has 0 saturated heterocycles. The average molecular weight is 222 g/mol. The molecule has 0 aliphatic carbocycles. The highest BCUT2D eigenvalue weighted by Crippen LogP contribution is 2.32. The number of hydrogen-bond donors (Lipinski definition) is 0. The van der Waals surface area contributed by atoms with Crippen molar-refractivity contribution in [1.82, 2.24) is 0 Å². The molecule has 4 nitrogen and oxygen atoms in total. The monoisotopic (exact) mass is 222 g/mol. The summed E-state index contributed by atoms with van der Waals surface area (Å²) < 4.78 is 0. The normalized spacial score (nSPS) is 10.0. The third kappa shape index (κ3) is 2.96. The zero-order valence-electron chi connectivity index (χ0n) is 8.43. The molecule has 1 aromatic rings. The van der Waals surface area contributed by atoms with E-state index in [0.717, 1.165) is 0 Å². The quantitative estimate of drug-likeness (QED) is 0.448. The van der Waals surface area contributed by atoms with E-state index in [1.54, 1.807) is 12.1 Å². The Hall–Kier alpha value is -1.54. The van der Waals surface area contributed by atoms with Gasteiger partial charge in [0, 0.05) is 11.3 Å². The molecule has 0 radical (unpaired) electrons. The third-order valence-electron chi connectivity index (χ3n) is 1.65. The Bertz CT molecular complexity index is 424. The fourth-order valence-electron chi connectivity index (χ4n) is 1.08. The lowest BCUT2D eigenvalue weighted by Crippen LogP contribution is -1.94.